The summed E-state index contributed by atoms with van der Waals surface area (Å²) in [6.07, 6.45) is 9.25. The molecule has 29 heavy (non-hydrogen) atoms. The number of esters is 2. The van der Waals surface area contributed by atoms with Crippen LogP contribution in [0.2, 0.25) is 0 Å². The average Bonchev–Trinajstić information content (AvgIpc) is 3.17. The number of carbonyl (C=O) groups excluding carboxylic acids is 3. The lowest BCUT2D eigenvalue weighted by Gasteiger charge is -2.59. The van der Waals surface area contributed by atoms with Crippen molar-refractivity contribution in [2.45, 2.75) is 90.3 Å². The van der Waals surface area contributed by atoms with Crippen LogP contribution in [-0.4, -0.2) is 29.4 Å². The first-order valence-corrected chi connectivity index (χ1v) is 11.3. The van der Waals surface area contributed by atoms with E-state index < -0.39 is 0 Å². The van der Waals surface area contributed by atoms with Crippen molar-refractivity contribution in [3.63, 3.8) is 0 Å². The molecule has 3 saturated carbocycles. The molecular weight excluding hydrogens is 368 g/mol. The minimum Gasteiger partial charge on any atom is -0.458 e. The van der Waals surface area contributed by atoms with Crippen LogP contribution in [0, 0.1) is 28.6 Å². The molecule has 4 aliphatic carbocycles. The fraction of sp³-hybridized carbons (Fsp3) is 0.792. The quantitative estimate of drug-likeness (QED) is 0.489. The van der Waals surface area contributed by atoms with Gasteiger partial charge in [0.1, 0.15) is 17.5 Å². The molecule has 7 atom stereocenters. The van der Waals surface area contributed by atoms with Crippen LogP contribution < -0.4 is 0 Å². The molecule has 5 heteroatoms. The Labute approximate surface area is 172 Å². The van der Waals surface area contributed by atoms with Gasteiger partial charge >= 0.3 is 11.9 Å². The Morgan fingerprint density at radius 2 is 1.83 bits per heavy atom. The third kappa shape index (κ3) is 2.55. The van der Waals surface area contributed by atoms with E-state index in [0.29, 0.717) is 36.9 Å². The summed E-state index contributed by atoms with van der Waals surface area (Å²) in [6.45, 7) is 6.12. The van der Waals surface area contributed by atoms with Gasteiger partial charge < -0.3 is 9.47 Å². The summed E-state index contributed by atoms with van der Waals surface area (Å²) >= 11 is 0. The highest BCUT2D eigenvalue weighted by Gasteiger charge is 2.68. The van der Waals surface area contributed by atoms with Gasteiger partial charge in [0.15, 0.2) is 0 Å². The predicted molar refractivity (Wildman–Crippen MR) is 106 cm³/mol. The van der Waals surface area contributed by atoms with Crippen LogP contribution in [0.1, 0.15) is 78.6 Å². The van der Waals surface area contributed by atoms with E-state index in [1.165, 1.54) is 12.5 Å². The Morgan fingerprint density at radius 1 is 1.07 bits per heavy atom. The van der Waals surface area contributed by atoms with Gasteiger partial charge in [0.05, 0.1) is 0 Å². The molecular formula is C24H32O5. The first-order valence-electron chi connectivity index (χ1n) is 11.3. The van der Waals surface area contributed by atoms with Gasteiger partial charge in [-0.1, -0.05) is 19.4 Å². The second-order valence-electron chi connectivity index (χ2n) is 10.7. The lowest BCUT2D eigenvalue weighted by Crippen LogP contribution is -2.58. The number of carbonyl (C=O) groups is 3. The molecule has 4 fully saturated rings. The Balaban J connectivity index is 1.57. The van der Waals surface area contributed by atoms with Crippen molar-refractivity contribution in [3.8, 4) is 0 Å². The molecule has 1 aliphatic heterocycles. The van der Waals surface area contributed by atoms with E-state index in [1.54, 1.807) is 0 Å². The highest BCUT2D eigenvalue weighted by molar-refractivity contribution is 5.83. The first-order chi connectivity index (χ1) is 13.7. The molecule has 1 spiro atoms. The molecule has 0 bridgehead atoms. The van der Waals surface area contributed by atoms with Gasteiger partial charge in [-0.2, -0.15) is 0 Å². The minimum atomic E-state index is -0.339. The molecule has 0 radical (unpaired) electrons. The predicted octanol–water partition coefficient (Wildman–Crippen LogP) is 4.14. The Hall–Kier alpha value is -1.65. The van der Waals surface area contributed by atoms with Gasteiger partial charge in [-0.05, 0) is 61.9 Å². The van der Waals surface area contributed by atoms with Crippen molar-refractivity contribution in [3.05, 3.63) is 11.6 Å². The van der Waals surface area contributed by atoms with Crippen molar-refractivity contribution in [2.75, 3.05) is 0 Å². The van der Waals surface area contributed by atoms with Crippen LogP contribution in [-0.2, 0) is 23.9 Å². The van der Waals surface area contributed by atoms with Crippen LogP contribution in [0.15, 0.2) is 11.6 Å². The molecule has 0 amide bonds. The van der Waals surface area contributed by atoms with Crippen molar-refractivity contribution in [1.29, 1.82) is 0 Å². The smallest absolute Gasteiger partial charge is 0.306 e. The van der Waals surface area contributed by atoms with Crippen molar-refractivity contribution in [2.24, 2.45) is 28.6 Å². The monoisotopic (exact) mass is 400 g/mol. The third-order valence-electron chi connectivity index (χ3n) is 9.57. The summed E-state index contributed by atoms with van der Waals surface area (Å²) in [7, 11) is 0. The van der Waals surface area contributed by atoms with Crippen molar-refractivity contribution >= 4 is 17.7 Å². The SMILES string of the molecule is CC(=O)O[C@@H]1C=C2CC(=O)CCC2(C)C2CCC3(C)C(CCC34CCC(=O)O4)C21. The number of fused-ring (bicyclic) bond motifs is 6. The van der Waals surface area contributed by atoms with Gasteiger partial charge in [0.2, 0.25) is 0 Å². The maximum atomic E-state index is 12.2. The van der Waals surface area contributed by atoms with E-state index in [0.717, 1.165) is 38.5 Å². The molecule has 158 valence electrons. The van der Waals surface area contributed by atoms with Crippen molar-refractivity contribution < 1.29 is 23.9 Å². The van der Waals surface area contributed by atoms with E-state index in [2.05, 4.69) is 19.9 Å². The van der Waals surface area contributed by atoms with Gasteiger partial charge in [-0.25, -0.2) is 0 Å². The highest BCUT2D eigenvalue weighted by atomic mass is 16.6. The van der Waals surface area contributed by atoms with E-state index in [-0.39, 0.29) is 40.4 Å². The normalized spacial score (nSPS) is 48.4. The molecule has 0 aromatic rings. The summed E-state index contributed by atoms with van der Waals surface area (Å²) in [5.41, 5.74) is 0.794. The maximum Gasteiger partial charge on any atom is 0.306 e. The molecule has 5 aliphatic rings. The highest BCUT2D eigenvalue weighted by Crippen LogP contribution is 2.69. The second-order valence-corrected chi connectivity index (χ2v) is 10.7. The van der Waals surface area contributed by atoms with Crippen LogP contribution in [0.4, 0.5) is 0 Å². The molecule has 5 nitrogen and oxygen atoms in total. The average molecular weight is 401 g/mol. The van der Waals surface area contributed by atoms with Gasteiger partial charge in [-0.15, -0.1) is 0 Å². The summed E-state index contributed by atoms with van der Waals surface area (Å²) < 4.78 is 11.9. The zero-order valence-electron chi connectivity index (χ0n) is 17.8. The molecule has 1 heterocycles. The van der Waals surface area contributed by atoms with Gasteiger partial charge in [0.25, 0.3) is 0 Å². The van der Waals surface area contributed by atoms with E-state index in [9.17, 15) is 14.4 Å². The summed E-state index contributed by atoms with van der Waals surface area (Å²) in [5.74, 6) is 0.983. The lowest BCUT2D eigenvalue weighted by molar-refractivity contribution is -0.176. The summed E-state index contributed by atoms with van der Waals surface area (Å²) in [5, 5.41) is 0. The fourth-order valence-electron chi connectivity index (χ4n) is 8.04. The van der Waals surface area contributed by atoms with Gasteiger partial charge in [0, 0.05) is 37.5 Å². The largest absolute Gasteiger partial charge is 0.458 e. The van der Waals surface area contributed by atoms with E-state index in [4.69, 9.17) is 9.47 Å². The Kier molecular flexibility index (Phi) is 4.12. The van der Waals surface area contributed by atoms with Crippen LogP contribution >= 0.6 is 0 Å². The summed E-state index contributed by atoms with van der Waals surface area (Å²) in [4.78, 5) is 36.2. The molecule has 5 rings (SSSR count). The van der Waals surface area contributed by atoms with Crippen molar-refractivity contribution in [1.82, 2.24) is 0 Å². The Morgan fingerprint density at radius 3 is 2.52 bits per heavy atom. The van der Waals surface area contributed by atoms with E-state index in [1.807, 2.05) is 0 Å². The van der Waals surface area contributed by atoms with Crippen LogP contribution in [0.3, 0.4) is 0 Å². The molecule has 0 aromatic heterocycles. The van der Waals surface area contributed by atoms with Crippen LogP contribution in [0.5, 0.6) is 0 Å². The van der Waals surface area contributed by atoms with Gasteiger partial charge in [-0.3, -0.25) is 14.4 Å². The topological polar surface area (TPSA) is 69.7 Å². The number of allylic oxidation sites excluding steroid dienone is 1. The number of Topliss-reactive ketones (excluding diaryl/α,β-unsaturated/α-hetero) is 1. The molecule has 0 N–H and O–H groups in total. The number of hydrogen-bond donors (Lipinski definition) is 0. The molecule has 0 aromatic carbocycles. The second kappa shape index (κ2) is 6.18. The number of hydrogen-bond acceptors (Lipinski definition) is 5. The lowest BCUT2D eigenvalue weighted by atomic mass is 9.46. The molecule has 1 saturated heterocycles. The standard InChI is InChI=1S/C24H32O5/c1-14(25)28-19-13-15-12-16(26)4-8-22(15,2)17-5-9-23(3)18(21(17)19)6-10-24(23)11-7-20(27)29-24/h13,17-19,21H,4-12H2,1-3H3/t17?,18?,19-,21?,22?,23?,24?/m1/s1. The summed E-state index contributed by atoms with van der Waals surface area (Å²) in [6, 6.07) is 0. The number of ether oxygens (including phenoxy) is 2. The van der Waals surface area contributed by atoms with E-state index >= 15 is 0 Å². The first kappa shape index (κ1) is 19.3. The molecule has 6 unspecified atom stereocenters. The third-order valence-corrected chi connectivity index (χ3v) is 9.57. The minimum absolute atomic E-state index is 0.0126. The number of rotatable bonds is 1. The fourth-order valence-corrected chi connectivity index (χ4v) is 8.04. The zero-order chi connectivity index (χ0) is 20.6. The zero-order valence-corrected chi connectivity index (χ0v) is 17.8. The Bertz CT molecular complexity index is 814. The van der Waals surface area contributed by atoms with Crippen LogP contribution in [0.25, 0.3) is 0 Å². The maximum absolute atomic E-state index is 12.2. The number of ketones is 1.